The number of benzene rings is 2. The molecule has 0 bridgehead atoms. The zero-order valence-electron chi connectivity index (χ0n) is 9.18. The first-order chi connectivity index (χ1) is 7.74. The molecule has 2 rings (SSSR count). The van der Waals surface area contributed by atoms with E-state index in [0.717, 1.165) is 22.1 Å². The summed E-state index contributed by atoms with van der Waals surface area (Å²) in [5.74, 6) is 0.840. The maximum Gasteiger partial charge on any atom is 0.119 e. The molecule has 0 heterocycles. The predicted octanol–water partition coefficient (Wildman–Crippen LogP) is 1.84. The molecule has 3 nitrogen and oxygen atoms in total. The lowest BCUT2D eigenvalue weighted by atomic mass is 10.0. The van der Waals surface area contributed by atoms with E-state index in [9.17, 15) is 0 Å². The summed E-state index contributed by atoms with van der Waals surface area (Å²) in [4.78, 5) is 0. The smallest absolute Gasteiger partial charge is 0.119 e. The molecular weight excluding hydrogens is 202 g/mol. The van der Waals surface area contributed by atoms with Crippen molar-refractivity contribution in [2.75, 3.05) is 13.7 Å². The van der Waals surface area contributed by atoms with Crippen LogP contribution in [0.15, 0.2) is 36.4 Å². The van der Waals surface area contributed by atoms with Gasteiger partial charge in [-0.1, -0.05) is 18.2 Å². The van der Waals surface area contributed by atoms with E-state index in [1.165, 1.54) is 0 Å². The highest BCUT2D eigenvalue weighted by Gasteiger charge is 2.05. The van der Waals surface area contributed by atoms with E-state index in [4.69, 9.17) is 15.6 Å². The summed E-state index contributed by atoms with van der Waals surface area (Å²) in [5.41, 5.74) is 6.71. The summed E-state index contributed by atoms with van der Waals surface area (Å²) in [6, 6.07) is 11.5. The van der Waals surface area contributed by atoms with Gasteiger partial charge in [0.1, 0.15) is 5.75 Å². The molecule has 0 fully saturated rings. The fourth-order valence-electron chi connectivity index (χ4n) is 1.71. The first kappa shape index (κ1) is 10.9. The van der Waals surface area contributed by atoms with Crippen molar-refractivity contribution in [1.29, 1.82) is 0 Å². The van der Waals surface area contributed by atoms with Crippen LogP contribution in [0.5, 0.6) is 5.75 Å². The zero-order valence-corrected chi connectivity index (χ0v) is 9.18. The first-order valence-electron chi connectivity index (χ1n) is 5.18. The minimum Gasteiger partial charge on any atom is -0.497 e. The van der Waals surface area contributed by atoms with Gasteiger partial charge in [0, 0.05) is 0 Å². The Morgan fingerprint density at radius 2 is 1.88 bits per heavy atom. The molecule has 0 radical (unpaired) electrons. The van der Waals surface area contributed by atoms with Gasteiger partial charge in [0.05, 0.1) is 19.8 Å². The van der Waals surface area contributed by atoms with Crippen LogP contribution >= 0.6 is 0 Å². The molecule has 16 heavy (non-hydrogen) atoms. The van der Waals surface area contributed by atoms with Crippen molar-refractivity contribution in [3.05, 3.63) is 42.0 Å². The molecule has 0 aliphatic carbocycles. The molecule has 0 amide bonds. The van der Waals surface area contributed by atoms with Gasteiger partial charge in [-0.15, -0.1) is 0 Å². The molecule has 84 valence electrons. The average molecular weight is 217 g/mol. The summed E-state index contributed by atoms with van der Waals surface area (Å²) >= 11 is 0. The molecule has 0 spiro atoms. The van der Waals surface area contributed by atoms with Crippen molar-refractivity contribution < 1.29 is 9.84 Å². The molecule has 0 saturated heterocycles. The number of hydrogen-bond acceptors (Lipinski definition) is 3. The third-order valence-corrected chi connectivity index (χ3v) is 2.70. The lowest BCUT2D eigenvalue weighted by Crippen LogP contribution is -2.14. The van der Waals surface area contributed by atoms with E-state index in [-0.39, 0.29) is 12.6 Å². The fraction of sp³-hybridized carbons (Fsp3) is 0.231. The van der Waals surface area contributed by atoms with E-state index < -0.39 is 0 Å². The molecule has 0 saturated carbocycles. The van der Waals surface area contributed by atoms with Crippen LogP contribution in [0.25, 0.3) is 10.8 Å². The number of fused-ring (bicyclic) bond motifs is 1. The number of aliphatic hydroxyl groups excluding tert-OH is 1. The second-order valence-electron chi connectivity index (χ2n) is 3.76. The van der Waals surface area contributed by atoms with Gasteiger partial charge < -0.3 is 15.6 Å². The van der Waals surface area contributed by atoms with E-state index in [1.807, 2.05) is 36.4 Å². The Morgan fingerprint density at radius 3 is 2.56 bits per heavy atom. The van der Waals surface area contributed by atoms with Crippen LogP contribution in [-0.2, 0) is 0 Å². The van der Waals surface area contributed by atoms with Crippen molar-refractivity contribution >= 4 is 10.8 Å². The van der Waals surface area contributed by atoms with Crippen molar-refractivity contribution in [1.82, 2.24) is 0 Å². The van der Waals surface area contributed by atoms with Crippen molar-refractivity contribution in [2.45, 2.75) is 6.04 Å². The molecule has 2 aromatic rings. The van der Waals surface area contributed by atoms with Crippen LogP contribution in [0.2, 0.25) is 0 Å². The van der Waals surface area contributed by atoms with E-state index in [0.29, 0.717) is 0 Å². The summed E-state index contributed by atoms with van der Waals surface area (Å²) in [6.45, 7) is -0.0400. The SMILES string of the molecule is COc1ccc2cc([C@@H](N)CO)ccc2c1. The topological polar surface area (TPSA) is 55.5 Å². The number of rotatable bonds is 3. The molecule has 2 aromatic carbocycles. The Morgan fingerprint density at radius 1 is 1.19 bits per heavy atom. The average Bonchev–Trinajstić information content (AvgIpc) is 2.36. The third kappa shape index (κ3) is 2.01. The molecule has 0 aliphatic rings. The molecule has 1 atom stereocenters. The highest BCUT2D eigenvalue weighted by molar-refractivity contribution is 5.84. The highest BCUT2D eigenvalue weighted by Crippen LogP contribution is 2.23. The molecule has 0 aliphatic heterocycles. The van der Waals surface area contributed by atoms with Crippen LogP contribution in [0.3, 0.4) is 0 Å². The second-order valence-corrected chi connectivity index (χ2v) is 3.76. The van der Waals surface area contributed by atoms with Gasteiger partial charge >= 0.3 is 0 Å². The normalized spacial score (nSPS) is 12.7. The monoisotopic (exact) mass is 217 g/mol. The molecular formula is C13H15NO2. The predicted molar refractivity (Wildman–Crippen MR) is 64.5 cm³/mol. The van der Waals surface area contributed by atoms with Gasteiger partial charge in [-0.05, 0) is 34.5 Å². The summed E-state index contributed by atoms with van der Waals surface area (Å²) in [7, 11) is 1.65. The van der Waals surface area contributed by atoms with Gasteiger partial charge in [0.25, 0.3) is 0 Å². The molecule has 0 aromatic heterocycles. The van der Waals surface area contributed by atoms with Crippen molar-refractivity contribution in [3.63, 3.8) is 0 Å². The van der Waals surface area contributed by atoms with Crippen molar-refractivity contribution in [2.24, 2.45) is 5.73 Å². The largest absolute Gasteiger partial charge is 0.497 e. The Bertz CT molecular complexity index is 496. The van der Waals surface area contributed by atoms with Crippen LogP contribution in [0, 0.1) is 0 Å². The van der Waals surface area contributed by atoms with E-state index in [1.54, 1.807) is 7.11 Å². The molecule has 3 heteroatoms. The Hall–Kier alpha value is -1.58. The van der Waals surface area contributed by atoms with Crippen molar-refractivity contribution in [3.8, 4) is 5.75 Å². The van der Waals surface area contributed by atoms with E-state index >= 15 is 0 Å². The molecule has 0 unspecified atom stereocenters. The molecule has 3 N–H and O–H groups in total. The number of methoxy groups -OCH3 is 1. The van der Waals surface area contributed by atoms with Gasteiger partial charge in [-0.2, -0.15) is 0 Å². The first-order valence-corrected chi connectivity index (χ1v) is 5.18. The summed E-state index contributed by atoms with van der Waals surface area (Å²) in [6.07, 6.45) is 0. The van der Waals surface area contributed by atoms with Crippen LogP contribution < -0.4 is 10.5 Å². The lowest BCUT2D eigenvalue weighted by molar-refractivity contribution is 0.268. The minimum atomic E-state index is -0.313. The van der Waals surface area contributed by atoms with Crippen LogP contribution in [-0.4, -0.2) is 18.8 Å². The fourth-order valence-corrected chi connectivity index (χ4v) is 1.71. The van der Waals surface area contributed by atoms with Crippen LogP contribution in [0.1, 0.15) is 11.6 Å². The summed E-state index contributed by atoms with van der Waals surface area (Å²) in [5, 5.41) is 11.2. The number of ether oxygens (including phenoxy) is 1. The van der Waals surface area contributed by atoms with Gasteiger partial charge in [0.2, 0.25) is 0 Å². The Balaban J connectivity index is 2.47. The standard InChI is InChI=1S/C13H15NO2/c1-16-12-5-4-9-6-11(13(14)8-15)3-2-10(9)7-12/h2-7,13,15H,8,14H2,1H3/t13-/m0/s1. The second kappa shape index (κ2) is 4.51. The van der Waals surface area contributed by atoms with Crippen LogP contribution in [0.4, 0.5) is 0 Å². The quantitative estimate of drug-likeness (QED) is 0.824. The maximum absolute atomic E-state index is 9.00. The van der Waals surface area contributed by atoms with E-state index in [2.05, 4.69) is 0 Å². The lowest BCUT2D eigenvalue weighted by Gasteiger charge is -2.10. The highest BCUT2D eigenvalue weighted by atomic mass is 16.5. The Labute approximate surface area is 94.5 Å². The third-order valence-electron chi connectivity index (χ3n) is 2.70. The van der Waals surface area contributed by atoms with Gasteiger partial charge in [-0.25, -0.2) is 0 Å². The minimum absolute atomic E-state index is 0.0400. The number of aliphatic hydroxyl groups is 1. The zero-order chi connectivity index (χ0) is 11.5. The summed E-state index contributed by atoms with van der Waals surface area (Å²) < 4.78 is 5.16. The number of hydrogen-bond donors (Lipinski definition) is 2. The Kier molecular flexibility index (Phi) is 3.08. The number of nitrogens with two attached hydrogens (primary N) is 1. The van der Waals surface area contributed by atoms with Gasteiger partial charge in [-0.3, -0.25) is 0 Å². The van der Waals surface area contributed by atoms with Gasteiger partial charge in [0.15, 0.2) is 0 Å². The maximum atomic E-state index is 9.00.